The second-order valence-corrected chi connectivity index (χ2v) is 6.97. The van der Waals surface area contributed by atoms with Crippen molar-refractivity contribution in [2.45, 2.75) is 45.7 Å². The molecule has 0 fully saturated rings. The van der Waals surface area contributed by atoms with Crippen molar-refractivity contribution in [1.29, 1.82) is 0 Å². The number of rotatable bonds is 12. The highest BCUT2D eigenvalue weighted by Crippen LogP contribution is 2.34. The van der Waals surface area contributed by atoms with Gasteiger partial charge in [-0.3, -0.25) is 0 Å². The van der Waals surface area contributed by atoms with Crippen LogP contribution < -0.4 is 21.3 Å². The van der Waals surface area contributed by atoms with Crippen LogP contribution >= 0.6 is 0 Å². The maximum atomic E-state index is 13.3. The van der Waals surface area contributed by atoms with E-state index in [4.69, 9.17) is 0 Å². The van der Waals surface area contributed by atoms with Gasteiger partial charge in [-0.05, 0) is 43.7 Å². The molecule has 4 N–H and O–H groups in total. The average Bonchev–Trinajstić information content (AvgIpc) is 2.71. The van der Waals surface area contributed by atoms with Gasteiger partial charge >= 0.3 is 6.18 Å². The molecule has 2 rings (SSSR count). The van der Waals surface area contributed by atoms with Crippen LogP contribution in [0.25, 0.3) is 0 Å². The van der Waals surface area contributed by atoms with Gasteiger partial charge in [-0.25, -0.2) is 4.98 Å². The van der Waals surface area contributed by atoms with E-state index in [-0.39, 0.29) is 11.8 Å². The molecule has 0 aliphatic heterocycles. The number of anilines is 4. The molecule has 0 saturated carbocycles. The number of aryl methyl sites for hydroxylation is 1. The van der Waals surface area contributed by atoms with Crippen molar-refractivity contribution in [2.24, 2.45) is 0 Å². The number of nitrogens with zero attached hydrogens (tertiary/aromatic N) is 2. The third kappa shape index (κ3) is 7.05. The lowest BCUT2D eigenvalue weighted by atomic mass is 10.1. The van der Waals surface area contributed by atoms with Gasteiger partial charge in [0, 0.05) is 37.2 Å². The standard InChI is InChI=1S/C21H31F3N6/c1-4-6-7-10-27-19-17(21(22,23)24)14-28-20(30-19)29-18-9-8-16(13-15(18)5-2)26-12-11-25-3/h8-9,13-14,25-26H,4-7,10-12H2,1-3H3,(H2,27,28,29,30). The molecule has 0 radical (unpaired) electrons. The second kappa shape index (κ2) is 11.6. The molecule has 0 unspecified atom stereocenters. The highest BCUT2D eigenvalue weighted by atomic mass is 19.4. The molecule has 0 aliphatic rings. The number of nitrogens with one attached hydrogen (secondary N) is 4. The van der Waals surface area contributed by atoms with Gasteiger partial charge in [0.25, 0.3) is 0 Å². The summed E-state index contributed by atoms with van der Waals surface area (Å²) in [5.74, 6) is -0.0638. The fourth-order valence-corrected chi connectivity index (χ4v) is 2.94. The van der Waals surface area contributed by atoms with Crippen molar-refractivity contribution in [3.05, 3.63) is 35.5 Å². The summed E-state index contributed by atoms with van der Waals surface area (Å²) in [6.07, 6.45) is -0.212. The summed E-state index contributed by atoms with van der Waals surface area (Å²) in [5, 5.41) is 12.3. The number of hydrogen-bond donors (Lipinski definition) is 4. The van der Waals surface area contributed by atoms with Gasteiger partial charge in [-0.2, -0.15) is 18.2 Å². The Hall–Kier alpha value is -2.55. The van der Waals surface area contributed by atoms with E-state index in [1.807, 2.05) is 39.1 Å². The van der Waals surface area contributed by atoms with Crippen molar-refractivity contribution < 1.29 is 13.2 Å². The monoisotopic (exact) mass is 424 g/mol. The molecule has 2 aromatic rings. The summed E-state index contributed by atoms with van der Waals surface area (Å²) in [6.45, 7) is 6.13. The quantitative estimate of drug-likeness (QED) is 0.358. The predicted octanol–water partition coefficient (Wildman–Crippen LogP) is 5.03. The molecule has 9 heteroatoms. The zero-order valence-electron chi connectivity index (χ0n) is 17.8. The fraction of sp³-hybridized carbons (Fsp3) is 0.524. The number of hydrogen-bond acceptors (Lipinski definition) is 6. The molecule has 0 saturated heterocycles. The molecule has 0 amide bonds. The first kappa shape index (κ1) is 23.7. The Labute approximate surface area is 176 Å². The van der Waals surface area contributed by atoms with E-state index in [2.05, 4.69) is 31.2 Å². The summed E-state index contributed by atoms with van der Waals surface area (Å²) < 4.78 is 40.0. The zero-order valence-corrected chi connectivity index (χ0v) is 17.8. The Morgan fingerprint density at radius 3 is 2.47 bits per heavy atom. The van der Waals surface area contributed by atoms with Gasteiger partial charge in [-0.15, -0.1) is 0 Å². The van der Waals surface area contributed by atoms with E-state index < -0.39 is 11.7 Å². The Balaban J connectivity index is 2.20. The van der Waals surface area contributed by atoms with Crippen LogP contribution in [0, 0.1) is 0 Å². The number of benzene rings is 1. The minimum atomic E-state index is -4.51. The normalized spacial score (nSPS) is 11.4. The Morgan fingerprint density at radius 2 is 1.80 bits per heavy atom. The van der Waals surface area contributed by atoms with Gasteiger partial charge in [0.05, 0.1) is 0 Å². The average molecular weight is 425 g/mol. The number of alkyl halides is 3. The number of likely N-dealkylation sites (N-methyl/N-ethyl adjacent to an activating group) is 1. The first-order valence-corrected chi connectivity index (χ1v) is 10.4. The van der Waals surface area contributed by atoms with E-state index >= 15 is 0 Å². The topological polar surface area (TPSA) is 73.9 Å². The lowest BCUT2D eigenvalue weighted by Crippen LogP contribution is -2.17. The molecule has 0 aliphatic carbocycles. The van der Waals surface area contributed by atoms with Crippen LogP contribution in [0.4, 0.5) is 36.3 Å². The highest BCUT2D eigenvalue weighted by Gasteiger charge is 2.35. The van der Waals surface area contributed by atoms with Crippen LogP contribution in [0.3, 0.4) is 0 Å². The van der Waals surface area contributed by atoms with Gasteiger partial charge < -0.3 is 21.3 Å². The minimum absolute atomic E-state index is 0.131. The molecule has 6 nitrogen and oxygen atoms in total. The summed E-state index contributed by atoms with van der Waals surface area (Å²) in [7, 11) is 1.89. The lowest BCUT2D eigenvalue weighted by molar-refractivity contribution is -0.137. The summed E-state index contributed by atoms with van der Waals surface area (Å²) in [5.41, 5.74) is 1.92. The predicted molar refractivity (Wildman–Crippen MR) is 117 cm³/mol. The molecule has 0 bridgehead atoms. The maximum Gasteiger partial charge on any atom is 0.421 e. The van der Waals surface area contributed by atoms with Crippen LogP contribution in [0.2, 0.25) is 0 Å². The third-order valence-electron chi connectivity index (χ3n) is 4.60. The van der Waals surface area contributed by atoms with Crippen LogP contribution in [-0.4, -0.2) is 36.6 Å². The minimum Gasteiger partial charge on any atom is -0.384 e. The molecule has 1 aromatic carbocycles. The van der Waals surface area contributed by atoms with Gasteiger partial charge in [0.15, 0.2) is 0 Å². The summed E-state index contributed by atoms with van der Waals surface area (Å²) in [6, 6.07) is 5.83. The largest absolute Gasteiger partial charge is 0.421 e. The van der Waals surface area contributed by atoms with E-state index in [0.29, 0.717) is 6.54 Å². The summed E-state index contributed by atoms with van der Waals surface area (Å²) in [4.78, 5) is 8.01. The SMILES string of the molecule is CCCCCNc1nc(Nc2ccc(NCCNC)cc2CC)ncc1C(F)(F)F. The van der Waals surface area contributed by atoms with Crippen molar-refractivity contribution >= 4 is 23.1 Å². The zero-order chi connectivity index (χ0) is 22.0. The first-order valence-electron chi connectivity index (χ1n) is 10.4. The third-order valence-corrected chi connectivity index (χ3v) is 4.60. The molecular formula is C21H31F3N6. The second-order valence-electron chi connectivity index (χ2n) is 6.97. The Kier molecular flexibility index (Phi) is 9.16. The molecule has 30 heavy (non-hydrogen) atoms. The van der Waals surface area contributed by atoms with E-state index in [1.54, 1.807) is 0 Å². The fourth-order valence-electron chi connectivity index (χ4n) is 2.94. The molecule has 0 spiro atoms. The molecule has 1 aromatic heterocycles. The summed E-state index contributed by atoms with van der Waals surface area (Å²) >= 11 is 0. The van der Waals surface area contributed by atoms with Crippen LogP contribution in [0.1, 0.15) is 44.2 Å². The van der Waals surface area contributed by atoms with Gasteiger partial charge in [0.2, 0.25) is 5.95 Å². The van der Waals surface area contributed by atoms with Crippen molar-refractivity contribution in [1.82, 2.24) is 15.3 Å². The van der Waals surface area contributed by atoms with E-state index in [9.17, 15) is 13.2 Å². The molecule has 166 valence electrons. The molecule has 0 atom stereocenters. The van der Waals surface area contributed by atoms with E-state index in [0.717, 1.165) is 61.9 Å². The maximum absolute atomic E-state index is 13.3. The van der Waals surface area contributed by atoms with Crippen LogP contribution in [0.5, 0.6) is 0 Å². The lowest BCUT2D eigenvalue weighted by Gasteiger charge is -2.16. The number of unbranched alkanes of at least 4 members (excludes halogenated alkanes) is 2. The van der Waals surface area contributed by atoms with Crippen molar-refractivity contribution in [2.75, 3.05) is 42.6 Å². The van der Waals surface area contributed by atoms with Crippen LogP contribution in [-0.2, 0) is 12.6 Å². The van der Waals surface area contributed by atoms with Gasteiger partial charge in [-0.1, -0.05) is 26.7 Å². The molecular weight excluding hydrogens is 393 g/mol. The van der Waals surface area contributed by atoms with Crippen LogP contribution in [0.15, 0.2) is 24.4 Å². The molecule has 1 heterocycles. The van der Waals surface area contributed by atoms with E-state index in [1.165, 1.54) is 0 Å². The smallest absolute Gasteiger partial charge is 0.384 e. The Morgan fingerprint density at radius 1 is 1.00 bits per heavy atom. The van der Waals surface area contributed by atoms with Gasteiger partial charge in [0.1, 0.15) is 11.4 Å². The van der Waals surface area contributed by atoms with Crippen molar-refractivity contribution in [3.63, 3.8) is 0 Å². The number of aromatic nitrogens is 2. The van der Waals surface area contributed by atoms with Crippen molar-refractivity contribution in [3.8, 4) is 0 Å². The Bertz CT molecular complexity index is 795. The first-order chi connectivity index (χ1) is 14.4. The number of halogens is 3. The highest BCUT2D eigenvalue weighted by molar-refractivity contribution is 5.65.